The van der Waals surface area contributed by atoms with Gasteiger partial charge in [0.1, 0.15) is 11.9 Å². The van der Waals surface area contributed by atoms with Gasteiger partial charge in [-0.3, -0.25) is 14.5 Å². The zero-order valence-corrected chi connectivity index (χ0v) is 24.2. The maximum atomic E-state index is 13.5. The van der Waals surface area contributed by atoms with Gasteiger partial charge in [-0.1, -0.05) is 67.4 Å². The Morgan fingerprint density at radius 1 is 0.976 bits per heavy atom. The predicted molar refractivity (Wildman–Crippen MR) is 160 cm³/mol. The van der Waals surface area contributed by atoms with E-state index in [0.29, 0.717) is 31.7 Å². The summed E-state index contributed by atoms with van der Waals surface area (Å²) in [6.45, 7) is 1.30. The summed E-state index contributed by atoms with van der Waals surface area (Å²) in [6, 6.07) is 21.8. The SMILES string of the molecule is COCCN(C)C(=O)N(Cc1ccc([C@@H]2CCCC[C@H]2C(=O)N[C@H](C(N)=O)c2ccc(F)cc2)cc1)c1ccccc1. The second-order valence-electron chi connectivity index (χ2n) is 10.8. The van der Waals surface area contributed by atoms with Crippen LogP contribution in [0.15, 0.2) is 78.9 Å². The predicted octanol–water partition coefficient (Wildman–Crippen LogP) is 5.15. The maximum absolute atomic E-state index is 13.5. The molecular formula is C33H39FN4O4. The van der Waals surface area contributed by atoms with E-state index in [1.807, 2.05) is 54.6 Å². The molecule has 3 atom stereocenters. The van der Waals surface area contributed by atoms with Crippen molar-refractivity contribution in [3.63, 3.8) is 0 Å². The molecule has 0 aromatic heterocycles. The molecule has 0 spiro atoms. The van der Waals surface area contributed by atoms with E-state index < -0.39 is 17.8 Å². The van der Waals surface area contributed by atoms with Gasteiger partial charge in [0.2, 0.25) is 11.8 Å². The van der Waals surface area contributed by atoms with E-state index >= 15 is 0 Å². The number of primary amides is 1. The molecule has 1 aliphatic carbocycles. The number of hydrogen-bond acceptors (Lipinski definition) is 4. The summed E-state index contributed by atoms with van der Waals surface area (Å²) in [4.78, 5) is 42.4. The first-order valence-electron chi connectivity index (χ1n) is 14.3. The Bertz CT molecular complexity index is 1330. The first-order chi connectivity index (χ1) is 20.3. The van der Waals surface area contributed by atoms with Gasteiger partial charge in [-0.25, -0.2) is 9.18 Å². The van der Waals surface area contributed by atoms with E-state index in [1.165, 1.54) is 24.3 Å². The molecule has 0 saturated heterocycles. The highest BCUT2D eigenvalue weighted by molar-refractivity contribution is 5.92. The summed E-state index contributed by atoms with van der Waals surface area (Å²) in [7, 11) is 3.37. The van der Waals surface area contributed by atoms with Crippen molar-refractivity contribution < 1.29 is 23.5 Å². The highest BCUT2D eigenvalue weighted by Gasteiger charge is 2.34. The largest absolute Gasteiger partial charge is 0.383 e. The number of nitrogens with two attached hydrogens (primary N) is 1. The minimum Gasteiger partial charge on any atom is -0.383 e. The number of urea groups is 1. The number of halogens is 1. The molecule has 0 unspecified atom stereocenters. The van der Waals surface area contributed by atoms with Crippen molar-refractivity contribution in [1.82, 2.24) is 10.2 Å². The highest BCUT2D eigenvalue weighted by Crippen LogP contribution is 2.38. The number of ether oxygens (including phenoxy) is 1. The van der Waals surface area contributed by atoms with Gasteiger partial charge in [-0.2, -0.15) is 0 Å². The van der Waals surface area contributed by atoms with Crippen LogP contribution in [0.25, 0.3) is 0 Å². The number of anilines is 1. The Morgan fingerprint density at radius 3 is 2.29 bits per heavy atom. The van der Waals surface area contributed by atoms with Crippen LogP contribution in [0.1, 0.15) is 54.3 Å². The van der Waals surface area contributed by atoms with Crippen molar-refractivity contribution in [2.24, 2.45) is 11.7 Å². The van der Waals surface area contributed by atoms with Crippen LogP contribution >= 0.6 is 0 Å². The average molecular weight is 575 g/mol. The number of rotatable bonds is 11. The van der Waals surface area contributed by atoms with E-state index in [-0.39, 0.29) is 23.8 Å². The number of carbonyl (C=O) groups excluding carboxylic acids is 3. The molecule has 222 valence electrons. The van der Waals surface area contributed by atoms with Gasteiger partial charge in [0, 0.05) is 32.3 Å². The molecule has 4 rings (SSSR count). The van der Waals surface area contributed by atoms with Gasteiger partial charge in [0.05, 0.1) is 13.2 Å². The van der Waals surface area contributed by atoms with E-state index in [1.54, 1.807) is 24.0 Å². The van der Waals surface area contributed by atoms with Gasteiger partial charge in [-0.05, 0) is 59.7 Å². The number of likely N-dealkylation sites (N-methyl/N-ethyl adjacent to an activating group) is 1. The standard InChI is InChI=1S/C33H39FN4O4/c1-37(20-21-42-2)33(41)38(27-8-4-3-5-9-27)22-23-12-14-24(15-13-23)28-10-6-7-11-29(28)32(40)36-30(31(35)39)25-16-18-26(34)19-17-25/h3-5,8-9,12-19,28-30H,6-7,10-11,20-22H2,1-2H3,(H2,35,39)(H,36,40)/t28-,29+,30-/m0/s1. The molecule has 0 aliphatic heterocycles. The summed E-state index contributed by atoms with van der Waals surface area (Å²) >= 11 is 0. The van der Waals surface area contributed by atoms with Crippen molar-refractivity contribution in [3.05, 3.63) is 101 Å². The first-order valence-corrected chi connectivity index (χ1v) is 14.3. The highest BCUT2D eigenvalue weighted by atomic mass is 19.1. The van der Waals surface area contributed by atoms with Crippen LogP contribution in [-0.2, 0) is 20.9 Å². The van der Waals surface area contributed by atoms with Crippen LogP contribution in [-0.4, -0.2) is 50.1 Å². The first kappa shape index (κ1) is 30.7. The van der Waals surface area contributed by atoms with Gasteiger partial charge in [0.15, 0.2) is 0 Å². The van der Waals surface area contributed by atoms with Crippen molar-refractivity contribution in [1.29, 1.82) is 0 Å². The Morgan fingerprint density at radius 2 is 1.64 bits per heavy atom. The van der Waals surface area contributed by atoms with Crippen molar-refractivity contribution in [3.8, 4) is 0 Å². The molecule has 9 heteroatoms. The Kier molecular flexibility index (Phi) is 10.7. The number of methoxy groups -OCH3 is 1. The number of hydrogen-bond donors (Lipinski definition) is 2. The second kappa shape index (κ2) is 14.6. The summed E-state index contributed by atoms with van der Waals surface area (Å²) in [6.07, 6.45) is 3.44. The van der Waals surface area contributed by atoms with Gasteiger partial charge in [0.25, 0.3) is 0 Å². The maximum Gasteiger partial charge on any atom is 0.324 e. The average Bonchev–Trinajstić information content (AvgIpc) is 3.02. The van der Waals surface area contributed by atoms with Crippen LogP contribution in [0, 0.1) is 11.7 Å². The zero-order valence-electron chi connectivity index (χ0n) is 24.2. The summed E-state index contributed by atoms with van der Waals surface area (Å²) < 4.78 is 18.6. The lowest BCUT2D eigenvalue weighted by molar-refractivity contribution is -0.131. The second-order valence-corrected chi connectivity index (χ2v) is 10.8. The molecule has 3 aromatic carbocycles. The fourth-order valence-electron chi connectivity index (χ4n) is 5.53. The van der Waals surface area contributed by atoms with Gasteiger partial charge >= 0.3 is 6.03 Å². The van der Waals surface area contributed by atoms with Crippen molar-refractivity contribution >= 4 is 23.5 Å². The van der Waals surface area contributed by atoms with E-state index in [0.717, 1.165) is 36.1 Å². The van der Waals surface area contributed by atoms with Crippen LogP contribution < -0.4 is 16.0 Å². The lowest BCUT2D eigenvalue weighted by atomic mass is 9.74. The van der Waals surface area contributed by atoms with Crippen molar-refractivity contribution in [2.45, 2.75) is 44.2 Å². The van der Waals surface area contributed by atoms with E-state index in [2.05, 4.69) is 5.32 Å². The third-order valence-corrected chi connectivity index (χ3v) is 7.88. The molecule has 0 heterocycles. The molecule has 8 nitrogen and oxygen atoms in total. The van der Waals surface area contributed by atoms with Crippen LogP contribution in [0.5, 0.6) is 0 Å². The van der Waals surface area contributed by atoms with Crippen LogP contribution in [0.3, 0.4) is 0 Å². The summed E-state index contributed by atoms with van der Waals surface area (Å²) in [5.41, 5.74) is 8.84. The smallest absolute Gasteiger partial charge is 0.324 e. The Labute approximate surface area is 246 Å². The molecule has 3 N–H and O–H groups in total. The number of nitrogens with one attached hydrogen (secondary N) is 1. The van der Waals surface area contributed by atoms with Crippen molar-refractivity contribution in [2.75, 3.05) is 32.2 Å². The molecular weight excluding hydrogens is 535 g/mol. The van der Waals surface area contributed by atoms with Crippen LogP contribution in [0.4, 0.5) is 14.9 Å². The molecule has 0 radical (unpaired) electrons. The molecule has 1 fully saturated rings. The fourth-order valence-corrected chi connectivity index (χ4v) is 5.53. The zero-order chi connectivity index (χ0) is 30.1. The Balaban J connectivity index is 1.50. The normalized spacial score (nSPS) is 17.2. The summed E-state index contributed by atoms with van der Waals surface area (Å²) in [5.74, 6) is -1.72. The minimum atomic E-state index is -1.04. The number of nitrogens with zero attached hydrogens (tertiary/aromatic N) is 2. The van der Waals surface area contributed by atoms with Gasteiger partial charge in [-0.15, -0.1) is 0 Å². The van der Waals surface area contributed by atoms with Crippen LogP contribution in [0.2, 0.25) is 0 Å². The lowest BCUT2D eigenvalue weighted by Crippen LogP contribution is -2.42. The third-order valence-electron chi connectivity index (χ3n) is 7.88. The quantitative estimate of drug-likeness (QED) is 0.331. The molecule has 1 saturated carbocycles. The number of para-hydroxylation sites is 1. The molecule has 0 bridgehead atoms. The monoisotopic (exact) mass is 574 g/mol. The molecule has 3 aromatic rings. The number of carbonyl (C=O) groups is 3. The fraction of sp³-hybridized carbons (Fsp3) is 0.364. The van der Waals surface area contributed by atoms with E-state index in [9.17, 15) is 18.8 Å². The molecule has 1 aliphatic rings. The topological polar surface area (TPSA) is 105 Å². The summed E-state index contributed by atoms with van der Waals surface area (Å²) in [5, 5.41) is 2.82. The minimum absolute atomic E-state index is 0.0263. The molecule has 4 amide bonds. The van der Waals surface area contributed by atoms with E-state index in [4.69, 9.17) is 10.5 Å². The number of benzene rings is 3. The lowest BCUT2D eigenvalue weighted by Gasteiger charge is -2.32. The molecule has 42 heavy (non-hydrogen) atoms. The van der Waals surface area contributed by atoms with Gasteiger partial charge < -0.3 is 20.7 Å². The Hall–Kier alpha value is -4.24. The number of amides is 4. The third kappa shape index (κ3) is 7.73.